The van der Waals surface area contributed by atoms with Crippen LogP contribution in [-0.4, -0.2) is 54.3 Å². The molecule has 2 atom stereocenters. The molecule has 0 saturated carbocycles. The Labute approximate surface area is 101 Å². The fourth-order valence-electron chi connectivity index (χ4n) is 1.87. The maximum Gasteiger partial charge on any atom is 0.0644 e. The minimum absolute atomic E-state index is 0.215. The number of aliphatic hydroxyl groups is 1. The van der Waals surface area contributed by atoms with Crippen molar-refractivity contribution >= 4 is 15.9 Å². The molecule has 1 aliphatic rings. The number of hydrogen-bond donors (Lipinski definition) is 1. The summed E-state index contributed by atoms with van der Waals surface area (Å²) in [6.07, 6.45) is 2.44. The van der Waals surface area contributed by atoms with Crippen LogP contribution in [0, 0.1) is 5.92 Å². The zero-order valence-corrected chi connectivity index (χ0v) is 11.1. The van der Waals surface area contributed by atoms with Crippen molar-refractivity contribution < 1.29 is 9.84 Å². The van der Waals surface area contributed by atoms with Gasteiger partial charge in [0.15, 0.2) is 0 Å². The minimum Gasteiger partial charge on any atom is -0.395 e. The van der Waals surface area contributed by atoms with Crippen LogP contribution in [0.25, 0.3) is 0 Å². The van der Waals surface area contributed by atoms with Crippen molar-refractivity contribution in [1.82, 2.24) is 4.90 Å². The van der Waals surface area contributed by atoms with Gasteiger partial charge in [-0.2, -0.15) is 0 Å². The highest BCUT2D eigenvalue weighted by Gasteiger charge is 2.21. The molecule has 90 valence electrons. The normalized spacial score (nSPS) is 25.4. The highest BCUT2D eigenvalue weighted by molar-refractivity contribution is 9.09. The number of halogens is 1. The van der Waals surface area contributed by atoms with Gasteiger partial charge in [-0.05, 0) is 25.3 Å². The molecule has 0 aromatic carbocycles. The standard InChI is InChI=1S/C11H22BrNO2/c1-10(2-4-12)3-5-13-6-7-15-9-11(13)8-14/h10-11,14H,2-9H2,1H3. The Hall–Kier alpha value is 0.360. The first-order valence-corrected chi connectivity index (χ1v) is 6.88. The molecule has 4 heteroatoms. The maximum atomic E-state index is 9.20. The first-order valence-electron chi connectivity index (χ1n) is 5.76. The van der Waals surface area contributed by atoms with Gasteiger partial charge in [0, 0.05) is 11.9 Å². The highest BCUT2D eigenvalue weighted by atomic mass is 79.9. The van der Waals surface area contributed by atoms with E-state index in [1.807, 2.05) is 0 Å². The third-order valence-electron chi connectivity index (χ3n) is 3.07. The monoisotopic (exact) mass is 279 g/mol. The summed E-state index contributed by atoms with van der Waals surface area (Å²) < 4.78 is 5.35. The largest absolute Gasteiger partial charge is 0.395 e. The molecule has 2 unspecified atom stereocenters. The Morgan fingerprint density at radius 1 is 1.53 bits per heavy atom. The Kier molecular flexibility index (Phi) is 6.81. The molecular weight excluding hydrogens is 258 g/mol. The van der Waals surface area contributed by atoms with Gasteiger partial charge in [-0.3, -0.25) is 4.90 Å². The van der Waals surface area contributed by atoms with Crippen molar-refractivity contribution in [2.24, 2.45) is 5.92 Å². The van der Waals surface area contributed by atoms with E-state index in [-0.39, 0.29) is 12.6 Å². The van der Waals surface area contributed by atoms with E-state index in [9.17, 15) is 5.11 Å². The van der Waals surface area contributed by atoms with E-state index >= 15 is 0 Å². The molecule has 15 heavy (non-hydrogen) atoms. The van der Waals surface area contributed by atoms with Gasteiger partial charge in [0.05, 0.1) is 25.9 Å². The Morgan fingerprint density at radius 2 is 2.33 bits per heavy atom. The smallest absolute Gasteiger partial charge is 0.0644 e. The number of nitrogens with zero attached hydrogens (tertiary/aromatic N) is 1. The number of aliphatic hydroxyl groups excluding tert-OH is 1. The van der Waals surface area contributed by atoms with Crippen molar-refractivity contribution in [3.05, 3.63) is 0 Å². The van der Waals surface area contributed by atoms with Crippen LogP contribution in [0.4, 0.5) is 0 Å². The summed E-state index contributed by atoms with van der Waals surface area (Å²) in [6, 6.07) is 0.218. The summed E-state index contributed by atoms with van der Waals surface area (Å²) in [4.78, 5) is 2.36. The second-order valence-electron chi connectivity index (χ2n) is 4.32. The topological polar surface area (TPSA) is 32.7 Å². The van der Waals surface area contributed by atoms with Gasteiger partial charge in [0.25, 0.3) is 0 Å². The molecule has 1 N–H and O–H groups in total. The molecule has 1 rings (SSSR count). The van der Waals surface area contributed by atoms with Crippen LogP contribution < -0.4 is 0 Å². The molecule has 0 bridgehead atoms. The average molecular weight is 280 g/mol. The molecule has 1 fully saturated rings. The lowest BCUT2D eigenvalue weighted by molar-refractivity contribution is -0.0290. The summed E-state index contributed by atoms with van der Waals surface area (Å²) in [5.74, 6) is 0.756. The van der Waals surface area contributed by atoms with Crippen molar-refractivity contribution in [2.45, 2.75) is 25.8 Å². The molecule has 0 amide bonds. The van der Waals surface area contributed by atoms with Crippen LogP contribution in [0.1, 0.15) is 19.8 Å². The van der Waals surface area contributed by atoms with Crippen molar-refractivity contribution in [3.8, 4) is 0 Å². The third kappa shape index (κ3) is 4.81. The number of morpholine rings is 1. The summed E-state index contributed by atoms with van der Waals surface area (Å²) in [6.45, 7) is 6.05. The minimum atomic E-state index is 0.215. The Balaban J connectivity index is 2.22. The van der Waals surface area contributed by atoms with Crippen LogP contribution in [0.15, 0.2) is 0 Å². The van der Waals surface area contributed by atoms with E-state index in [0.29, 0.717) is 6.61 Å². The van der Waals surface area contributed by atoms with Gasteiger partial charge in [0.1, 0.15) is 0 Å². The second kappa shape index (κ2) is 7.60. The molecule has 0 radical (unpaired) electrons. The van der Waals surface area contributed by atoms with Crippen LogP contribution in [0.5, 0.6) is 0 Å². The first-order chi connectivity index (χ1) is 7.27. The van der Waals surface area contributed by atoms with Gasteiger partial charge in [-0.15, -0.1) is 0 Å². The number of alkyl halides is 1. The van der Waals surface area contributed by atoms with Gasteiger partial charge >= 0.3 is 0 Å². The molecule has 3 nitrogen and oxygen atoms in total. The van der Waals surface area contributed by atoms with Gasteiger partial charge in [-0.25, -0.2) is 0 Å². The predicted molar refractivity (Wildman–Crippen MR) is 65.5 cm³/mol. The fraction of sp³-hybridized carbons (Fsp3) is 1.00. The van der Waals surface area contributed by atoms with Crippen molar-refractivity contribution in [3.63, 3.8) is 0 Å². The molecule has 0 aliphatic carbocycles. The third-order valence-corrected chi connectivity index (χ3v) is 3.53. The first kappa shape index (κ1) is 13.4. The van der Waals surface area contributed by atoms with E-state index in [1.165, 1.54) is 12.8 Å². The van der Waals surface area contributed by atoms with Crippen molar-refractivity contribution in [1.29, 1.82) is 0 Å². The molecular formula is C11H22BrNO2. The molecule has 1 saturated heterocycles. The van der Waals surface area contributed by atoms with E-state index in [2.05, 4.69) is 27.8 Å². The number of ether oxygens (including phenoxy) is 1. The summed E-state index contributed by atoms with van der Waals surface area (Å²) in [5.41, 5.74) is 0. The number of rotatable bonds is 6. The van der Waals surface area contributed by atoms with E-state index in [4.69, 9.17) is 4.74 Å². The van der Waals surface area contributed by atoms with Gasteiger partial charge < -0.3 is 9.84 Å². The lowest BCUT2D eigenvalue weighted by atomic mass is 10.0. The Bertz CT molecular complexity index is 169. The van der Waals surface area contributed by atoms with Gasteiger partial charge in [-0.1, -0.05) is 22.9 Å². The molecule has 0 aromatic heterocycles. The lowest BCUT2D eigenvalue weighted by Crippen LogP contribution is -2.48. The zero-order valence-electron chi connectivity index (χ0n) is 9.49. The molecule has 1 heterocycles. The highest BCUT2D eigenvalue weighted by Crippen LogP contribution is 2.13. The summed E-state index contributed by atoms with van der Waals surface area (Å²) in [7, 11) is 0. The van der Waals surface area contributed by atoms with Crippen LogP contribution in [0.3, 0.4) is 0 Å². The van der Waals surface area contributed by atoms with E-state index < -0.39 is 0 Å². The van der Waals surface area contributed by atoms with Crippen LogP contribution in [-0.2, 0) is 4.74 Å². The molecule has 0 spiro atoms. The van der Waals surface area contributed by atoms with Crippen molar-refractivity contribution in [2.75, 3.05) is 38.2 Å². The van der Waals surface area contributed by atoms with E-state index in [1.54, 1.807) is 0 Å². The average Bonchev–Trinajstić information content (AvgIpc) is 2.27. The van der Waals surface area contributed by atoms with Gasteiger partial charge in [0.2, 0.25) is 0 Å². The van der Waals surface area contributed by atoms with E-state index in [0.717, 1.165) is 30.9 Å². The van der Waals surface area contributed by atoms with Crippen LogP contribution in [0.2, 0.25) is 0 Å². The quantitative estimate of drug-likeness (QED) is 0.748. The predicted octanol–water partition coefficient (Wildman–Crippen LogP) is 1.49. The molecule has 0 aromatic rings. The summed E-state index contributed by atoms with van der Waals surface area (Å²) in [5, 5.41) is 10.3. The van der Waals surface area contributed by atoms with Crippen LogP contribution >= 0.6 is 15.9 Å². The summed E-state index contributed by atoms with van der Waals surface area (Å²) >= 11 is 3.47. The maximum absolute atomic E-state index is 9.20. The fourth-order valence-corrected chi connectivity index (χ4v) is 2.65. The SMILES string of the molecule is CC(CCBr)CCN1CCOCC1CO. The zero-order chi connectivity index (χ0) is 11.1. The lowest BCUT2D eigenvalue weighted by Gasteiger charge is -2.34. The molecule has 1 aliphatic heterocycles. The number of hydrogen-bond acceptors (Lipinski definition) is 3. The second-order valence-corrected chi connectivity index (χ2v) is 5.11. The Morgan fingerprint density at radius 3 is 3.00 bits per heavy atom.